The van der Waals surface area contributed by atoms with E-state index in [2.05, 4.69) is 15.5 Å². The van der Waals surface area contributed by atoms with Crippen LogP contribution in [-0.2, 0) is 6.18 Å². The summed E-state index contributed by atoms with van der Waals surface area (Å²) in [6.07, 6.45) is -3.47. The van der Waals surface area contributed by atoms with Gasteiger partial charge < -0.3 is 29.6 Å². The molecule has 0 unspecified atom stereocenters. The first-order valence-electron chi connectivity index (χ1n) is 10.8. The van der Waals surface area contributed by atoms with Gasteiger partial charge in [-0.3, -0.25) is 4.79 Å². The van der Waals surface area contributed by atoms with Crippen molar-refractivity contribution in [3.63, 3.8) is 0 Å². The smallest absolute Gasteiger partial charge is 0.418 e. The molecule has 1 aliphatic rings. The highest BCUT2D eigenvalue weighted by molar-refractivity contribution is 6.02. The molecule has 0 saturated carbocycles. The minimum absolute atomic E-state index is 0.0387. The Morgan fingerprint density at radius 1 is 0.971 bits per heavy atom. The minimum atomic E-state index is -4.75. The van der Waals surface area contributed by atoms with Crippen LogP contribution in [0.1, 0.15) is 16.1 Å². The quantitative estimate of drug-likeness (QED) is 0.533. The zero-order chi connectivity index (χ0) is 25.0. The van der Waals surface area contributed by atoms with Gasteiger partial charge in [0.1, 0.15) is 5.75 Å². The lowest BCUT2D eigenvalue weighted by Gasteiger charge is -2.36. The molecule has 35 heavy (non-hydrogen) atoms. The minimum Gasteiger partial charge on any atom is -0.495 e. The van der Waals surface area contributed by atoms with Crippen molar-refractivity contribution in [3.8, 4) is 5.75 Å². The second kappa shape index (κ2) is 10.00. The number of carbonyl (C=O) groups excluding carboxylic acids is 2. The number of benzene rings is 2. The molecule has 4 rings (SSSR count). The summed E-state index contributed by atoms with van der Waals surface area (Å²) >= 11 is 0. The van der Waals surface area contributed by atoms with Gasteiger partial charge >= 0.3 is 12.2 Å². The summed E-state index contributed by atoms with van der Waals surface area (Å²) in [5.41, 5.74) is -0.662. The number of ether oxygens (including phenoxy) is 1. The fraction of sp³-hybridized carbons (Fsp3) is 0.250. The topological polar surface area (TPSA) is 87.0 Å². The number of hydrogen-bond donors (Lipinski definition) is 2. The Morgan fingerprint density at radius 3 is 2.37 bits per heavy atom. The van der Waals surface area contributed by atoms with Gasteiger partial charge in [-0.2, -0.15) is 13.2 Å². The van der Waals surface area contributed by atoms with Crippen molar-refractivity contribution in [3.05, 3.63) is 72.2 Å². The number of alkyl halides is 3. The molecule has 11 heteroatoms. The molecule has 0 atom stereocenters. The predicted octanol–water partition coefficient (Wildman–Crippen LogP) is 4.91. The number of para-hydroxylation sites is 2. The Labute approximate surface area is 199 Å². The Balaban J connectivity index is 1.43. The van der Waals surface area contributed by atoms with Crippen molar-refractivity contribution in [1.82, 2.24) is 4.90 Å². The molecular weight excluding hydrogens is 465 g/mol. The molecule has 3 amide bonds. The molecule has 1 aliphatic heterocycles. The zero-order valence-corrected chi connectivity index (χ0v) is 18.8. The number of amides is 3. The molecule has 184 valence electrons. The van der Waals surface area contributed by atoms with Crippen LogP contribution in [0.4, 0.5) is 35.0 Å². The Hall–Kier alpha value is -4.15. The van der Waals surface area contributed by atoms with Crippen LogP contribution in [0.25, 0.3) is 0 Å². The molecule has 2 heterocycles. The van der Waals surface area contributed by atoms with Crippen molar-refractivity contribution in [2.45, 2.75) is 6.18 Å². The van der Waals surface area contributed by atoms with Gasteiger partial charge in [0.05, 0.1) is 30.3 Å². The normalized spacial score (nSPS) is 13.9. The third-order valence-corrected chi connectivity index (χ3v) is 5.56. The number of methoxy groups -OCH3 is 1. The molecule has 2 aromatic carbocycles. The second-order valence-corrected chi connectivity index (χ2v) is 7.77. The summed E-state index contributed by atoms with van der Waals surface area (Å²) in [5, 5.41) is 4.72. The average Bonchev–Trinajstić information content (AvgIpc) is 3.40. The highest BCUT2D eigenvalue weighted by Crippen LogP contribution is 2.37. The summed E-state index contributed by atoms with van der Waals surface area (Å²) in [5.74, 6) is -0.0181. The monoisotopic (exact) mass is 488 g/mol. The molecular formula is C24H23F3N4O4. The highest BCUT2D eigenvalue weighted by atomic mass is 19.4. The van der Waals surface area contributed by atoms with Gasteiger partial charge in [-0.25, -0.2) is 4.79 Å². The summed E-state index contributed by atoms with van der Waals surface area (Å²) in [4.78, 5) is 28.4. The number of piperazine rings is 1. The number of halogens is 3. The molecule has 1 aromatic heterocycles. The van der Waals surface area contributed by atoms with E-state index in [9.17, 15) is 22.8 Å². The van der Waals surface area contributed by atoms with E-state index in [1.165, 1.54) is 29.4 Å². The number of furan rings is 1. The average molecular weight is 488 g/mol. The van der Waals surface area contributed by atoms with Gasteiger partial charge in [0.15, 0.2) is 5.76 Å². The largest absolute Gasteiger partial charge is 0.495 e. The number of nitrogens with zero attached hydrogens (tertiary/aromatic N) is 2. The third kappa shape index (κ3) is 5.51. The van der Waals surface area contributed by atoms with Crippen LogP contribution >= 0.6 is 0 Å². The lowest BCUT2D eigenvalue weighted by Crippen LogP contribution is -2.50. The Bertz CT molecular complexity index is 1190. The van der Waals surface area contributed by atoms with Crippen molar-refractivity contribution < 1.29 is 31.9 Å². The van der Waals surface area contributed by atoms with E-state index in [0.29, 0.717) is 31.9 Å². The van der Waals surface area contributed by atoms with Crippen molar-refractivity contribution in [2.24, 2.45) is 0 Å². The van der Waals surface area contributed by atoms with E-state index in [1.54, 1.807) is 7.11 Å². The van der Waals surface area contributed by atoms with Gasteiger partial charge in [0, 0.05) is 31.9 Å². The van der Waals surface area contributed by atoms with E-state index >= 15 is 0 Å². The van der Waals surface area contributed by atoms with Gasteiger partial charge in [-0.05, 0) is 42.5 Å². The molecule has 2 N–H and O–H groups in total. The molecule has 0 radical (unpaired) electrons. The molecule has 0 bridgehead atoms. The first kappa shape index (κ1) is 24.0. The maximum atomic E-state index is 13.7. The summed E-state index contributed by atoms with van der Waals surface area (Å²) in [6.45, 7) is 1.64. The molecule has 3 aromatic rings. The van der Waals surface area contributed by atoms with Gasteiger partial charge in [0.2, 0.25) is 0 Å². The lowest BCUT2D eigenvalue weighted by atomic mass is 10.1. The molecule has 1 saturated heterocycles. The third-order valence-electron chi connectivity index (χ3n) is 5.56. The van der Waals surface area contributed by atoms with Crippen LogP contribution in [0.3, 0.4) is 0 Å². The van der Waals surface area contributed by atoms with Crippen molar-refractivity contribution in [2.75, 3.05) is 48.8 Å². The summed E-state index contributed by atoms with van der Waals surface area (Å²) in [6, 6.07) is 12.9. The van der Waals surface area contributed by atoms with Crippen LogP contribution in [-0.4, -0.2) is 50.1 Å². The number of urea groups is 1. The number of nitrogens with one attached hydrogen (secondary N) is 2. The number of hydrogen-bond acceptors (Lipinski definition) is 5. The predicted molar refractivity (Wildman–Crippen MR) is 124 cm³/mol. The summed E-state index contributed by atoms with van der Waals surface area (Å²) < 4.78 is 51.5. The fourth-order valence-electron chi connectivity index (χ4n) is 3.80. The van der Waals surface area contributed by atoms with E-state index in [0.717, 1.165) is 17.8 Å². The molecule has 8 nitrogen and oxygen atoms in total. The van der Waals surface area contributed by atoms with E-state index < -0.39 is 29.4 Å². The van der Waals surface area contributed by atoms with E-state index in [1.807, 2.05) is 24.3 Å². The first-order valence-corrected chi connectivity index (χ1v) is 10.8. The summed E-state index contributed by atoms with van der Waals surface area (Å²) in [7, 11) is 1.58. The van der Waals surface area contributed by atoms with Gasteiger partial charge in [0.25, 0.3) is 5.91 Å². The molecule has 0 spiro atoms. The SMILES string of the molecule is COc1ccccc1N1CCN(C(=O)Nc2ccc(NC(=O)c3ccco3)cc2C(F)(F)F)CC1. The first-order chi connectivity index (χ1) is 16.8. The van der Waals surface area contributed by atoms with Crippen LogP contribution in [0.15, 0.2) is 65.3 Å². The number of rotatable bonds is 5. The number of carbonyl (C=O) groups is 2. The maximum Gasteiger partial charge on any atom is 0.418 e. The Kier molecular flexibility index (Phi) is 6.85. The van der Waals surface area contributed by atoms with E-state index in [-0.39, 0.29) is 11.4 Å². The van der Waals surface area contributed by atoms with Gasteiger partial charge in [-0.15, -0.1) is 0 Å². The highest BCUT2D eigenvalue weighted by Gasteiger charge is 2.35. The zero-order valence-electron chi connectivity index (χ0n) is 18.8. The van der Waals surface area contributed by atoms with Crippen LogP contribution in [0, 0.1) is 0 Å². The standard InChI is InChI=1S/C24H23F3N4O4/c1-34-20-6-3-2-5-19(20)30-10-12-31(13-11-30)23(33)29-18-9-8-16(15-17(18)24(25,26)27)28-22(32)21-7-4-14-35-21/h2-9,14-15H,10-13H2,1H3,(H,28,32)(H,29,33). The van der Waals surface area contributed by atoms with Crippen molar-refractivity contribution in [1.29, 1.82) is 0 Å². The molecule has 1 fully saturated rings. The fourth-order valence-corrected chi connectivity index (χ4v) is 3.80. The van der Waals surface area contributed by atoms with Gasteiger partial charge in [-0.1, -0.05) is 12.1 Å². The van der Waals surface area contributed by atoms with E-state index in [4.69, 9.17) is 9.15 Å². The van der Waals surface area contributed by atoms with Crippen molar-refractivity contribution >= 4 is 29.0 Å². The number of anilines is 3. The Morgan fingerprint density at radius 2 is 1.71 bits per heavy atom. The van der Waals surface area contributed by atoms with Crippen LogP contribution in [0.2, 0.25) is 0 Å². The maximum absolute atomic E-state index is 13.7. The van der Waals surface area contributed by atoms with Crippen LogP contribution < -0.4 is 20.3 Å². The molecule has 0 aliphatic carbocycles. The second-order valence-electron chi connectivity index (χ2n) is 7.77. The van der Waals surface area contributed by atoms with Crippen LogP contribution in [0.5, 0.6) is 5.75 Å². The lowest BCUT2D eigenvalue weighted by molar-refractivity contribution is -0.136.